The second-order valence-corrected chi connectivity index (χ2v) is 5.01. The van der Waals surface area contributed by atoms with Crippen LogP contribution in [0.1, 0.15) is 5.56 Å². The Morgan fingerprint density at radius 1 is 1.25 bits per heavy atom. The van der Waals surface area contributed by atoms with Gasteiger partial charge in [-0.2, -0.15) is 5.26 Å². The lowest BCUT2D eigenvalue weighted by Gasteiger charge is -2.33. The lowest BCUT2D eigenvalue weighted by atomic mass is 9.87. The Kier molecular flexibility index (Phi) is 3.13. The van der Waals surface area contributed by atoms with E-state index >= 15 is 0 Å². The third-order valence-corrected chi connectivity index (χ3v) is 3.66. The molecule has 0 unspecified atom stereocenters. The van der Waals surface area contributed by atoms with Crippen molar-refractivity contribution in [2.24, 2.45) is 5.41 Å². The number of hydrogen-bond donors (Lipinski definition) is 1. The predicted molar refractivity (Wildman–Crippen MR) is 74.7 cm³/mol. The van der Waals surface area contributed by atoms with Crippen LogP contribution in [0.5, 0.6) is 0 Å². The average Bonchev–Trinajstić information content (AvgIpc) is 2.44. The first kappa shape index (κ1) is 12.6. The summed E-state index contributed by atoms with van der Waals surface area (Å²) in [7, 11) is 0. The first-order valence-electron chi connectivity index (χ1n) is 6.49. The molecule has 2 aromatic rings. The number of nitrogens with zero attached hydrogens (tertiary/aromatic N) is 1. The van der Waals surface area contributed by atoms with Gasteiger partial charge in [-0.1, -0.05) is 42.5 Å². The topological polar surface area (TPSA) is 62.1 Å². The molecule has 3 rings (SSSR count). The molecule has 0 atom stereocenters. The molecule has 100 valence electrons. The summed E-state index contributed by atoms with van der Waals surface area (Å²) in [5.74, 6) is -0.251. The van der Waals surface area contributed by atoms with Gasteiger partial charge in [-0.15, -0.1) is 0 Å². The van der Waals surface area contributed by atoms with Crippen LogP contribution in [0.15, 0.2) is 42.5 Å². The van der Waals surface area contributed by atoms with E-state index in [1.165, 1.54) is 0 Å². The number of amides is 1. The van der Waals surface area contributed by atoms with Crippen LogP contribution >= 0.6 is 0 Å². The van der Waals surface area contributed by atoms with Crippen LogP contribution < -0.4 is 5.32 Å². The van der Waals surface area contributed by atoms with E-state index in [9.17, 15) is 4.79 Å². The van der Waals surface area contributed by atoms with Crippen molar-refractivity contribution in [1.29, 1.82) is 5.26 Å². The zero-order chi connectivity index (χ0) is 14.0. The highest BCUT2D eigenvalue weighted by atomic mass is 16.5. The molecular formula is C16H14N2O2. The Bertz CT molecular complexity index is 694. The minimum atomic E-state index is -0.995. The smallest absolute Gasteiger partial charge is 0.245 e. The maximum absolute atomic E-state index is 12.1. The van der Waals surface area contributed by atoms with Crippen molar-refractivity contribution in [2.45, 2.75) is 6.54 Å². The number of carbonyl (C=O) groups is 1. The van der Waals surface area contributed by atoms with Crippen molar-refractivity contribution >= 4 is 16.7 Å². The van der Waals surface area contributed by atoms with Gasteiger partial charge in [-0.05, 0) is 16.3 Å². The highest BCUT2D eigenvalue weighted by molar-refractivity contribution is 5.88. The quantitative estimate of drug-likeness (QED) is 0.924. The molecule has 1 N–H and O–H groups in total. The monoisotopic (exact) mass is 266 g/mol. The minimum absolute atomic E-state index is 0.185. The Morgan fingerprint density at radius 3 is 2.70 bits per heavy atom. The molecule has 20 heavy (non-hydrogen) atoms. The number of nitrogens with one attached hydrogen (secondary N) is 1. The molecule has 1 saturated heterocycles. The zero-order valence-electron chi connectivity index (χ0n) is 10.9. The zero-order valence-corrected chi connectivity index (χ0v) is 10.9. The largest absolute Gasteiger partial charge is 0.377 e. The summed E-state index contributed by atoms with van der Waals surface area (Å²) in [6.45, 7) is 0.791. The van der Waals surface area contributed by atoms with Gasteiger partial charge in [0.25, 0.3) is 0 Å². The normalized spacial score (nSPS) is 16.1. The summed E-state index contributed by atoms with van der Waals surface area (Å²) >= 11 is 0. The summed E-state index contributed by atoms with van der Waals surface area (Å²) in [6, 6.07) is 16.1. The third kappa shape index (κ3) is 2.02. The van der Waals surface area contributed by atoms with Gasteiger partial charge in [0, 0.05) is 6.54 Å². The summed E-state index contributed by atoms with van der Waals surface area (Å²) < 4.78 is 4.99. The van der Waals surface area contributed by atoms with E-state index in [2.05, 4.69) is 11.4 Å². The Morgan fingerprint density at radius 2 is 2.00 bits per heavy atom. The summed E-state index contributed by atoms with van der Waals surface area (Å²) in [4.78, 5) is 12.1. The number of carbonyl (C=O) groups excluding carboxylic acids is 1. The van der Waals surface area contributed by atoms with Crippen molar-refractivity contribution in [3.05, 3.63) is 48.0 Å². The highest BCUT2D eigenvalue weighted by Crippen LogP contribution is 2.27. The maximum atomic E-state index is 12.1. The molecular weight excluding hydrogens is 252 g/mol. The molecule has 0 bridgehead atoms. The predicted octanol–water partition coefficient (Wildman–Crippen LogP) is 2.00. The number of ether oxygens (including phenoxy) is 1. The number of fused-ring (bicyclic) bond motifs is 1. The second kappa shape index (κ2) is 4.95. The molecule has 0 radical (unpaired) electrons. The molecule has 1 aliphatic rings. The standard InChI is InChI=1S/C16H14N2O2/c17-9-16(10-20-11-16)15(19)18-8-13-6-3-5-12-4-1-2-7-14(12)13/h1-7H,8,10-11H2,(H,18,19). The van der Waals surface area contributed by atoms with Crippen molar-refractivity contribution in [3.63, 3.8) is 0 Å². The number of hydrogen-bond acceptors (Lipinski definition) is 3. The fourth-order valence-electron chi connectivity index (χ4n) is 2.34. The number of nitriles is 1. The number of benzene rings is 2. The SMILES string of the molecule is N#CC1(C(=O)NCc2cccc3ccccc23)COC1. The Balaban J connectivity index is 1.78. The van der Waals surface area contributed by atoms with Gasteiger partial charge in [0.15, 0.2) is 5.41 Å². The first-order valence-corrected chi connectivity index (χ1v) is 6.49. The molecule has 4 heteroatoms. The lowest BCUT2D eigenvalue weighted by Crippen LogP contribution is -2.52. The van der Waals surface area contributed by atoms with E-state index in [0.29, 0.717) is 6.54 Å². The van der Waals surface area contributed by atoms with E-state index in [1.54, 1.807) is 0 Å². The van der Waals surface area contributed by atoms with Crippen LogP contribution in [0, 0.1) is 16.7 Å². The van der Waals surface area contributed by atoms with Crippen LogP contribution in [0.3, 0.4) is 0 Å². The Hall–Kier alpha value is -2.38. The van der Waals surface area contributed by atoms with E-state index in [4.69, 9.17) is 10.00 Å². The lowest BCUT2D eigenvalue weighted by molar-refractivity contribution is -0.150. The van der Waals surface area contributed by atoms with Crippen LogP contribution in [-0.2, 0) is 16.1 Å². The van der Waals surface area contributed by atoms with Crippen molar-refractivity contribution < 1.29 is 9.53 Å². The molecule has 0 aliphatic carbocycles. The van der Waals surface area contributed by atoms with Crippen LogP contribution in [-0.4, -0.2) is 19.1 Å². The molecule has 0 saturated carbocycles. The Labute approximate surface area is 117 Å². The van der Waals surface area contributed by atoms with Gasteiger partial charge in [0.05, 0.1) is 19.3 Å². The molecule has 1 heterocycles. The second-order valence-electron chi connectivity index (χ2n) is 5.01. The molecule has 1 amide bonds. The first-order chi connectivity index (χ1) is 9.75. The van der Waals surface area contributed by atoms with Gasteiger partial charge >= 0.3 is 0 Å². The molecule has 1 aliphatic heterocycles. The van der Waals surface area contributed by atoms with Gasteiger partial charge in [0.1, 0.15) is 0 Å². The molecule has 0 aromatic heterocycles. The van der Waals surface area contributed by atoms with Crippen molar-refractivity contribution in [2.75, 3.05) is 13.2 Å². The summed E-state index contributed by atoms with van der Waals surface area (Å²) in [6.07, 6.45) is 0. The summed E-state index contributed by atoms with van der Waals surface area (Å²) in [5.41, 5.74) is 0.0506. The molecule has 4 nitrogen and oxygen atoms in total. The van der Waals surface area contributed by atoms with E-state index in [1.807, 2.05) is 42.5 Å². The van der Waals surface area contributed by atoms with Gasteiger partial charge in [-0.3, -0.25) is 4.79 Å². The van der Waals surface area contributed by atoms with Crippen molar-refractivity contribution in [1.82, 2.24) is 5.32 Å². The molecule has 1 fully saturated rings. The van der Waals surface area contributed by atoms with Crippen LogP contribution in [0.25, 0.3) is 10.8 Å². The summed E-state index contributed by atoms with van der Waals surface area (Å²) in [5, 5.41) is 14.2. The highest BCUT2D eigenvalue weighted by Gasteiger charge is 2.46. The van der Waals surface area contributed by atoms with Gasteiger partial charge in [-0.25, -0.2) is 0 Å². The maximum Gasteiger partial charge on any atom is 0.245 e. The average molecular weight is 266 g/mol. The van der Waals surface area contributed by atoms with E-state index < -0.39 is 5.41 Å². The molecule has 2 aromatic carbocycles. The van der Waals surface area contributed by atoms with E-state index in [0.717, 1.165) is 16.3 Å². The van der Waals surface area contributed by atoms with Crippen LogP contribution in [0.4, 0.5) is 0 Å². The number of rotatable bonds is 3. The van der Waals surface area contributed by atoms with E-state index in [-0.39, 0.29) is 19.1 Å². The fraction of sp³-hybridized carbons (Fsp3) is 0.250. The third-order valence-electron chi connectivity index (χ3n) is 3.66. The van der Waals surface area contributed by atoms with Gasteiger partial charge in [0.2, 0.25) is 5.91 Å². The van der Waals surface area contributed by atoms with Gasteiger partial charge < -0.3 is 10.1 Å². The molecule has 0 spiro atoms. The minimum Gasteiger partial charge on any atom is -0.377 e. The fourth-order valence-corrected chi connectivity index (χ4v) is 2.34. The van der Waals surface area contributed by atoms with Crippen molar-refractivity contribution in [3.8, 4) is 6.07 Å². The van der Waals surface area contributed by atoms with Crippen LogP contribution in [0.2, 0.25) is 0 Å².